The molecule has 0 amide bonds. The van der Waals surface area contributed by atoms with E-state index in [4.69, 9.17) is 9.72 Å². The van der Waals surface area contributed by atoms with Crippen molar-refractivity contribution in [2.75, 3.05) is 18.5 Å². The molecular formula is C29H32N8O2Si. The minimum Gasteiger partial charge on any atom is -0.368 e. The zero-order valence-electron chi connectivity index (χ0n) is 23.2. The number of hydrogen-bond acceptors (Lipinski definition) is 8. The molecule has 1 N–H and O–H groups in total. The van der Waals surface area contributed by atoms with E-state index < -0.39 is 8.07 Å². The van der Waals surface area contributed by atoms with E-state index >= 15 is 0 Å². The molecule has 0 spiro atoms. The summed E-state index contributed by atoms with van der Waals surface area (Å²) in [5, 5.41) is 13.3. The highest BCUT2D eigenvalue weighted by molar-refractivity contribution is 6.76. The van der Waals surface area contributed by atoms with Crippen LogP contribution in [0.25, 0.3) is 27.8 Å². The van der Waals surface area contributed by atoms with Gasteiger partial charge < -0.3 is 10.1 Å². The number of ether oxygens (including phenoxy) is 1. The van der Waals surface area contributed by atoms with Crippen molar-refractivity contribution in [1.29, 1.82) is 5.26 Å². The van der Waals surface area contributed by atoms with Crippen molar-refractivity contribution in [2.24, 2.45) is 0 Å². The lowest BCUT2D eigenvalue weighted by atomic mass is 10.1. The van der Waals surface area contributed by atoms with Gasteiger partial charge in [0.05, 0.1) is 34.6 Å². The summed E-state index contributed by atoms with van der Waals surface area (Å²) < 4.78 is 9.36. The minimum atomic E-state index is -1.16. The first-order valence-electron chi connectivity index (χ1n) is 13.2. The van der Waals surface area contributed by atoms with Gasteiger partial charge in [-0.2, -0.15) is 5.26 Å². The van der Waals surface area contributed by atoms with Gasteiger partial charge in [-0.1, -0.05) is 37.8 Å². The van der Waals surface area contributed by atoms with Gasteiger partial charge in [0.2, 0.25) is 0 Å². The normalized spacial score (nSPS) is 11.7. The SMILES string of the molecule is Cc1cccc2nc(CCNc3ncnc4c3ncn4COCC[Si](C)(C)C)n(-c3cccc(C#N)c3)c(=O)c12. The Hall–Kier alpha value is -4.40. The second kappa shape index (κ2) is 11.4. The number of nitrogens with zero attached hydrogens (tertiary/aromatic N) is 7. The Balaban J connectivity index is 1.40. The van der Waals surface area contributed by atoms with Crippen LogP contribution in [-0.4, -0.2) is 50.3 Å². The van der Waals surface area contributed by atoms with Crippen LogP contribution in [0.1, 0.15) is 17.0 Å². The van der Waals surface area contributed by atoms with Crippen molar-refractivity contribution in [1.82, 2.24) is 29.1 Å². The molecule has 204 valence electrons. The topological polar surface area (TPSA) is 124 Å². The summed E-state index contributed by atoms with van der Waals surface area (Å²) in [4.78, 5) is 31.9. The van der Waals surface area contributed by atoms with Gasteiger partial charge in [0, 0.05) is 27.6 Å². The summed E-state index contributed by atoms with van der Waals surface area (Å²) in [7, 11) is -1.16. The highest BCUT2D eigenvalue weighted by atomic mass is 28.3. The Bertz CT molecular complexity index is 1780. The number of imidazole rings is 1. The fraction of sp³-hybridized carbons (Fsp3) is 0.310. The van der Waals surface area contributed by atoms with Crippen LogP contribution in [0.4, 0.5) is 5.82 Å². The summed E-state index contributed by atoms with van der Waals surface area (Å²) in [5.41, 5.74) is 3.76. The van der Waals surface area contributed by atoms with Crippen molar-refractivity contribution in [2.45, 2.75) is 45.8 Å². The van der Waals surface area contributed by atoms with Gasteiger partial charge in [0.25, 0.3) is 5.56 Å². The molecule has 5 rings (SSSR count). The Morgan fingerprint density at radius 1 is 1.10 bits per heavy atom. The number of aromatic nitrogens is 6. The number of aryl methyl sites for hydroxylation is 1. The van der Waals surface area contributed by atoms with Crippen LogP contribution in [0.5, 0.6) is 0 Å². The van der Waals surface area contributed by atoms with Crippen LogP contribution in [0.15, 0.2) is 59.9 Å². The van der Waals surface area contributed by atoms with E-state index in [0.717, 1.165) is 11.6 Å². The highest BCUT2D eigenvalue weighted by Gasteiger charge is 2.16. The summed E-state index contributed by atoms with van der Waals surface area (Å²) in [5.74, 6) is 1.18. The van der Waals surface area contributed by atoms with Crippen LogP contribution in [0.2, 0.25) is 25.7 Å². The first kappa shape index (κ1) is 27.2. The largest absolute Gasteiger partial charge is 0.368 e. The van der Waals surface area contributed by atoms with Gasteiger partial charge in [-0.05, 0) is 42.8 Å². The van der Waals surface area contributed by atoms with Crippen molar-refractivity contribution >= 4 is 36.0 Å². The Labute approximate surface area is 233 Å². The van der Waals surface area contributed by atoms with E-state index in [9.17, 15) is 10.1 Å². The minimum absolute atomic E-state index is 0.162. The quantitative estimate of drug-likeness (QED) is 0.196. The van der Waals surface area contributed by atoms with Crippen LogP contribution >= 0.6 is 0 Å². The van der Waals surface area contributed by atoms with Crippen LogP contribution in [-0.2, 0) is 17.9 Å². The van der Waals surface area contributed by atoms with Crippen LogP contribution in [0, 0.1) is 18.3 Å². The molecule has 0 bridgehead atoms. The second-order valence-corrected chi connectivity index (χ2v) is 16.6. The summed E-state index contributed by atoms with van der Waals surface area (Å²) in [6.07, 6.45) is 3.65. The molecule has 0 saturated heterocycles. The molecule has 40 heavy (non-hydrogen) atoms. The molecule has 0 saturated carbocycles. The van der Waals surface area contributed by atoms with Gasteiger partial charge in [0.1, 0.15) is 24.4 Å². The molecule has 10 nitrogen and oxygen atoms in total. The number of rotatable bonds is 10. The van der Waals surface area contributed by atoms with E-state index in [0.29, 0.717) is 71.3 Å². The molecule has 11 heteroatoms. The number of hydrogen-bond donors (Lipinski definition) is 1. The van der Waals surface area contributed by atoms with Gasteiger partial charge in [-0.3, -0.25) is 13.9 Å². The van der Waals surface area contributed by atoms with Crippen LogP contribution < -0.4 is 10.9 Å². The molecule has 0 radical (unpaired) electrons. The average molecular weight is 553 g/mol. The first-order valence-corrected chi connectivity index (χ1v) is 16.9. The number of anilines is 1. The number of nitrogens with one attached hydrogen (secondary N) is 1. The lowest BCUT2D eigenvalue weighted by Crippen LogP contribution is -2.26. The number of benzene rings is 2. The molecule has 0 aliphatic heterocycles. The maximum Gasteiger partial charge on any atom is 0.266 e. The zero-order chi connectivity index (χ0) is 28.3. The molecule has 5 aromatic rings. The predicted molar refractivity (Wildman–Crippen MR) is 158 cm³/mol. The van der Waals surface area contributed by atoms with E-state index in [-0.39, 0.29) is 5.56 Å². The summed E-state index contributed by atoms with van der Waals surface area (Å²) in [6, 6.07) is 15.9. The Morgan fingerprint density at radius 3 is 2.73 bits per heavy atom. The maximum absolute atomic E-state index is 13.7. The van der Waals surface area contributed by atoms with E-state index in [1.165, 1.54) is 6.33 Å². The molecule has 0 aliphatic rings. The van der Waals surface area contributed by atoms with Gasteiger partial charge in [0.15, 0.2) is 11.5 Å². The summed E-state index contributed by atoms with van der Waals surface area (Å²) in [6.45, 7) is 10.4. The first-order chi connectivity index (χ1) is 19.2. The molecule has 0 aliphatic carbocycles. The monoisotopic (exact) mass is 552 g/mol. The van der Waals surface area contributed by atoms with Crippen molar-refractivity contribution in [3.63, 3.8) is 0 Å². The second-order valence-electron chi connectivity index (χ2n) is 10.9. The summed E-state index contributed by atoms with van der Waals surface area (Å²) >= 11 is 0. The van der Waals surface area contributed by atoms with Gasteiger partial charge in [-0.15, -0.1) is 0 Å². The van der Waals surface area contributed by atoms with Crippen molar-refractivity contribution in [3.05, 3.63) is 82.4 Å². The highest BCUT2D eigenvalue weighted by Crippen LogP contribution is 2.20. The van der Waals surface area contributed by atoms with Gasteiger partial charge in [-0.25, -0.2) is 19.9 Å². The van der Waals surface area contributed by atoms with E-state index in [1.54, 1.807) is 29.1 Å². The molecule has 3 aromatic heterocycles. The van der Waals surface area contributed by atoms with Crippen LogP contribution in [0.3, 0.4) is 0 Å². The lowest BCUT2D eigenvalue weighted by Gasteiger charge is -2.15. The van der Waals surface area contributed by atoms with Gasteiger partial charge >= 0.3 is 0 Å². The fourth-order valence-corrected chi connectivity index (χ4v) is 5.29. The Morgan fingerprint density at radius 2 is 1.93 bits per heavy atom. The maximum atomic E-state index is 13.7. The molecule has 0 fully saturated rings. The zero-order valence-corrected chi connectivity index (χ0v) is 24.2. The number of fused-ring (bicyclic) bond motifs is 2. The number of nitriles is 1. The van der Waals surface area contributed by atoms with Crippen molar-refractivity contribution in [3.8, 4) is 11.8 Å². The van der Waals surface area contributed by atoms with E-state index in [2.05, 4.69) is 46.0 Å². The lowest BCUT2D eigenvalue weighted by molar-refractivity contribution is 0.0895. The third kappa shape index (κ3) is 5.78. The molecule has 0 atom stereocenters. The molecule has 2 aromatic carbocycles. The van der Waals surface area contributed by atoms with Crippen molar-refractivity contribution < 1.29 is 4.74 Å². The van der Waals surface area contributed by atoms with E-state index in [1.807, 2.05) is 35.8 Å². The fourth-order valence-electron chi connectivity index (χ4n) is 4.53. The molecular weight excluding hydrogens is 520 g/mol. The smallest absolute Gasteiger partial charge is 0.266 e. The third-order valence-corrected chi connectivity index (χ3v) is 8.38. The third-order valence-electron chi connectivity index (χ3n) is 6.68. The molecule has 0 unspecified atom stereocenters. The predicted octanol–water partition coefficient (Wildman–Crippen LogP) is 4.67. The standard InChI is InChI=1S/C29H32N8O2Si/c1-20-7-5-10-23-25(20)29(38)37(22-9-6-8-21(15-22)16-30)24(35-23)11-12-31-27-26-28(33-17-32-27)36(18-34-26)19-39-13-14-40(2,3)4/h5-10,15,17-18H,11-14,19H2,1-4H3,(H,31,32,33). The average Bonchev–Trinajstić information content (AvgIpc) is 3.34. The Kier molecular flexibility index (Phi) is 7.73. The molecule has 3 heterocycles.